The van der Waals surface area contributed by atoms with Crippen LogP contribution in [0.1, 0.15) is 13.3 Å². The van der Waals surface area contributed by atoms with Gasteiger partial charge in [0.25, 0.3) is 0 Å². The zero-order valence-electron chi connectivity index (χ0n) is 16.8. The first kappa shape index (κ1) is 18.8. The molecule has 0 aromatic carbocycles. The Morgan fingerprint density at radius 3 is 2.80 bits per heavy atom. The smallest absolute Gasteiger partial charge is 0.220 e. The first-order chi connectivity index (χ1) is 14.7. The second-order valence-electron chi connectivity index (χ2n) is 7.71. The average molecular weight is 408 g/mol. The Kier molecular flexibility index (Phi) is 4.96. The molecular formula is C21H24N6O3. The van der Waals surface area contributed by atoms with Crippen molar-refractivity contribution >= 4 is 17.1 Å². The molecule has 0 spiro atoms. The number of hydrogen-bond donors (Lipinski definition) is 1. The summed E-state index contributed by atoms with van der Waals surface area (Å²) < 4.78 is 13.4. The number of nitrogens with one attached hydrogen (secondary N) is 1. The molecule has 0 bridgehead atoms. The summed E-state index contributed by atoms with van der Waals surface area (Å²) in [6.45, 7) is 5.77. The Balaban J connectivity index is 1.41. The van der Waals surface area contributed by atoms with Gasteiger partial charge in [-0.05, 0) is 19.1 Å². The standard InChI is InChI=1S/C21H24N6O3/c1-14(15-9-20(28)22-10-15)30-19-8-16(13-27-18(19)2-3-25-27)21-23-11-17(12-24-21)26-4-6-29-7-5-26/h2-3,8,11-15H,4-7,9-10H2,1H3,(H,22,28)/t14-,15-/m1/s1. The lowest BCUT2D eigenvalue weighted by Gasteiger charge is -2.28. The third-order valence-electron chi connectivity index (χ3n) is 5.73. The number of carbonyl (C=O) groups excluding carboxylic acids is 1. The number of ether oxygens (including phenoxy) is 2. The summed E-state index contributed by atoms with van der Waals surface area (Å²) >= 11 is 0. The largest absolute Gasteiger partial charge is 0.488 e. The number of rotatable bonds is 5. The molecule has 9 nitrogen and oxygen atoms in total. The monoisotopic (exact) mass is 408 g/mol. The molecule has 5 rings (SSSR count). The highest BCUT2D eigenvalue weighted by Crippen LogP contribution is 2.29. The highest BCUT2D eigenvalue weighted by molar-refractivity contribution is 5.78. The van der Waals surface area contributed by atoms with Crippen LogP contribution in [-0.2, 0) is 9.53 Å². The predicted octanol–water partition coefficient (Wildman–Crippen LogP) is 1.53. The molecule has 1 N–H and O–H groups in total. The number of fused-ring (bicyclic) bond motifs is 1. The fraction of sp³-hybridized carbons (Fsp3) is 0.429. The molecule has 2 aliphatic rings. The minimum atomic E-state index is -0.109. The number of aromatic nitrogens is 4. The van der Waals surface area contributed by atoms with Crippen LogP contribution in [0.25, 0.3) is 16.9 Å². The van der Waals surface area contributed by atoms with Crippen molar-refractivity contribution in [2.45, 2.75) is 19.4 Å². The Labute approximate surface area is 174 Å². The summed E-state index contributed by atoms with van der Waals surface area (Å²) in [5.74, 6) is 1.54. The Hall–Kier alpha value is -3.20. The molecule has 2 aliphatic heterocycles. The van der Waals surface area contributed by atoms with Gasteiger partial charge >= 0.3 is 0 Å². The fourth-order valence-corrected chi connectivity index (χ4v) is 3.92. The van der Waals surface area contributed by atoms with Crippen LogP contribution in [0.3, 0.4) is 0 Å². The van der Waals surface area contributed by atoms with Crippen LogP contribution in [0.4, 0.5) is 5.69 Å². The third kappa shape index (κ3) is 3.68. The highest BCUT2D eigenvalue weighted by atomic mass is 16.5. The van der Waals surface area contributed by atoms with Crippen molar-refractivity contribution in [2.24, 2.45) is 5.92 Å². The number of pyridine rings is 1. The van der Waals surface area contributed by atoms with Crippen molar-refractivity contribution in [3.05, 3.63) is 36.9 Å². The van der Waals surface area contributed by atoms with E-state index in [0.29, 0.717) is 24.5 Å². The van der Waals surface area contributed by atoms with Gasteiger partial charge in [0, 0.05) is 43.7 Å². The molecule has 2 fully saturated rings. The van der Waals surface area contributed by atoms with Crippen molar-refractivity contribution in [2.75, 3.05) is 37.7 Å². The van der Waals surface area contributed by atoms with Gasteiger partial charge in [-0.1, -0.05) is 0 Å². The van der Waals surface area contributed by atoms with Crippen molar-refractivity contribution in [1.82, 2.24) is 24.9 Å². The molecule has 0 unspecified atom stereocenters. The van der Waals surface area contributed by atoms with Gasteiger partial charge in [0.05, 0.1) is 37.5 Å². The van der Waals surface area contributed by atoms with E-state index in [1.54, 1.807) is 10.7 Å². The zero-order chi connectivity index (χ0) is 20.5. The van der Waals surface area contributed by atoms with Crippen molar-refractivity contribution < 1.29 is 14.3 Å². The van der Waals surface area contributed by atoms with E-state index in [-0.39, 0.29) is 17.9 Å². The van der Waals surface area contributed by atoms with Crippen LogP contribution >= 0.6 is 0 Å². The molecule has 3 aromatic heterocycles. The summed E-state index contributed by atoms with van der Waals surface area (Å²) in [5, 5.41) is 7.24. The summed E-state index contributed by atoms with van der Waals surface area (Å²) in [4.78, 5) is 22.9. The van der Waals surface area contributed by atoms with Gasteiger partial charge in [-0.3, -0.25) is 4.79 Å². The summed E-state index contributed by atoms with van der Waals surface area (Å²) in [6.07, 6.45) is 7.71. The number of morpholine rings is 1. The van der Waals surface area contributed by atoms with Crippen LogP contribution < -0.4 is 15.0 Å². The van der Waals surface area contributed by atoms with Gasteiger partial charge in [-0.25, -0.2) is 14.5 Å². The topological polar surface area (TPSA) is 93.9 Å². The number of hydrogen-bond acceptors (Lipinski definition) is 7. The van der Waals surface area contributed by atoms with E-state index in [1.807, 2.05) is 37.6 Å². The molecule has 9 heteroatoms. The van der Waals surface area contributed by atoms with Crippen molar-refractivity contribution in [1.29, 1.82) is 0 Å². The first-order valence-electron chi connectivity index (χ1n) is 10.2. The molecule has 2 saturated heterocycles. The van der Waals surface area contributed by atoms with Crippen molar-refractivity contribution in [3.63, 3.8) is 0 Å². The van der Waals surface area contributed by atoms with Crippen LogP contribution in [-0.4, -0.2) is 64.4 Å². The van der Waals surface area contributed by atoms with E-state index in [4.69, 9.17) is 9.47 Å². The molecule has 0 radical (unpaired) electrons. The lowest BCUT2D eigenvalue weighted by atomic mass is 10.0. The molecule has 2 atom stereocenters. The first-order valence-corrected chi connectivity index (χ1v) is 10.2. The van der Waals surface area contributed by atoms with E-state index >= 15 is 0 Å². The Bertz CT molecular complexity index is 1040. The maximum absolute atomic E-state index is 11.6. The van der Waals surface area contributed by atoms with E-state index in [9.17, 15) is 4.79 Å². The van der Waals surface area contributed by atoms with Crippen LogP contribution in [0.2, 0.25) is 0 Å². The van der Waals surface area contributed by atoms with E-state index in [1.165, 1.54) is 0 Å². The lowest BCUT2D eigenvalue weighted by Crippen LogP contribution is -2.36. The predicted molar refractivity (Wildman–Crippen MR) is 110 cm³/mol. The molecule has 5 heterocycles. The van der Waals surface area contributed by atoms with Crippen molar-refractivity contribution in [3.8, 4) is 17.1 Å². The fourth-order valence-electron chi connectivity index (χ4n) is 3.92. The molecule has 1 amide bonds. The number of anilines is 1. The molecule has 0 saturated carbocycles. The maximum Gasteiger partial charge on any atom is 0.220 e. The third-order valence-corrected chi connectivity index (χ3v) is 5.73. The molecule has 0 aliphatic carbocycles. The summed E-state index contributed by atoms with van der Waals surface area (Å²) in [7, 11) is 0. The molecular weight excluding hydrogens is 384 g/mol. The van der Waals surface area contributed by atoms with Gasteiger partial charge in [-0.2, -0.15) is 5.10 Å². The minimum absolute atomic E-state index is 0.0764. The lowest BCUT2D eigenvalue weighted by molar-refractivity contribution is -0.119. The normalized spacial score (nSPS) is 20.4. The maximum atomic E-state index is 11.6. The average Bonchev–Trinajstić information content (AvgIpc) is 3.43. The quantitative estimate of drug-likeness (QED) is 0.684. The highest BCUT2D eigenvalue weighted by Gasteiger charge is 2.28. The SMILES string of the molecule is C[C@@H](Oc1cc(-c2ncc(N3CCOCC3)cn2)cn2nccc12)[C@H]1CNC(=O)C1. The zero-order valence-corrected chi connectivity index (χ0v) is 16.8. The van der Waals surface area contributed by atoms with Gasteiger partial charge in [0.15, 0.2) is 5.82 Å². The Morgan fingerprint density at radius 2 is 2.07 bits per heavy atom. The second kappa shape index (κ2) is 7.91. The Morgan fingerprint density at radius 1 is 1.27 bits per heavy atom. The van der Waals surface area contributed by atoms with Gasteiger partial charge in [-0.15, -0.1) is 0 Å². The van der Waals surface area contributed by atoms with Gasteiger partial charge in [0.1, 0.15) is 17.4 Å². The van der Waals surface area contributed by atoms with E-state index in [0.717, 1.165) is 43.1 Å². The summed E-state index contributed by atoms with van der Waals surface area (Å²) in [6, 6.07) is 3.85. The second-order valence-corrected chi connectivity index (χ2v) is 7.71. The molecule has 30 heavy (non-hydrogen) atoms. The molecule has 3 aromatic rings. The van der Waals surface area contributed by atoms with E-state index in [2.05, 4.69) is 25.3 Å². The van der Waals surface area contributed by atoms with Crippen LogP contribution in [0.5, 0.6) is 5.75 Å². The minimum Gasteiger partial charge on any atom is -0.488 e. The number of nitrogens with zero attached hydrogens (tertiary/aromatic N) is 5. The van der Waals surface area contributed by atoms with Gasteiger partial charge < -0.3 is 19.7 Å². The number of carbonyl (C=O) groups is 1. The van der Waals surface area contributed by atoms with E-state index < -0.39 is 0 Å². The molecule has 156 valence electrons. The van der Waals surface area contributed by atoms with Crippen LogP contribution in [0.15, 0.2) is 36.9 Å². The van der Waals surface area contributed by atoms with Gasteiger partial charge in [0.2, 0.25) is 5.91 Å². The summed E-state index contributed by atoms with van der Waals surface area (Å²) in [5.41, 5.74) is 2.68. The van der Waals surface area contributed by atoms with Crippen LogP contribution in [0, 0.1) is 5.92 Å². The number of amides is 1.